The van der Waals surface area contributed by atoms with Crippen LogP contribution in [0.3, 0.4) is 0 Å². The van der Waals surface area contributed by atoms with Crippen molar-refractivity contribution in [1.29, 1.82) is 0 Å². The molecule has 3 rings (SSSR count). The molecule has 7 heteroatoms. The van der Waals surface area contributed by atoms with Gasteiger partial charge in [0, 0.05) is 17.5 Å². The summed E-state index contributed by atoms with van der Waals surface area (Å²) in [5.41, 5.74) is 1.56. The quantitative estimate of drug-likeness (QED) is 0.582. The molecule has 2 aromatic carbocycles. The highest BCUT2D eigenvalue weighted by atomic mass is 16.3. The molecule has 29 heavy (non-hydrogen) atoms. The number of hydrogen-bond acceptors (Lipinski definition) is 4. The first-order valence-corrected chi connectivity index (χ1v) is 9.55. The fraction of sp³-hybridized carbons (Fsp3) is 0.273. The Bertz CT molecular complexity index is 1040. The Morgan fingerprint density at radius 2 is 1.76 bits per heavy atom. The molecule has 0 saturated heterocycles. The van der Waals surface area contributed by atoms with Gasteiger partial charge in [-0.2, -0.15) is 0 Å². The van der Waals surface area contributed by atoms with Crippen molar-refractivity contribution in [2.24, 2.45) is 16.1 Å². The van der Waals surface area contributed by atoms with E-state index in [4.69, 9.17) is 0 Å². The van der Waals surface area contributed by atoms with Crippen LogP contribution < -0.4 is 5.32 Å². The summed E-state index contributed by atoms with van der Waals surface area (Å²) in [6.45, 7) is 4.60. The second-order valence-electron chi connectivity index (χ2n) is 7.17. The first-order chi connectivity index (χ1) is 14.0. The number of amides is 2. The van der Waals surface area contributed by atoms with Gasteiger partial charge >= 0.3 is 0 Å². The minimum atomic E-state index is -0.604. The number of rotatable bonds is 7. The molecule has 3 aromatic rings. The van der Waals surface area contributed by atoms with E-state index in [0.29, 0.717) is 18.0 Å². The van der Waals surface area contributed by atoms with Crippen molar-refractivity contribution >= 4 is 28.4 Å². The molecule has 1 heterocycles. The average molecular weight is 392 g/mol. The summed E-state index contributed by atoms with van der Waals surface area (Å²) >= 11 is 0. The summed E-state index contributed by atoms with van der Waals surface area (Å²) in [4.78, 5) is 24.1. The molecule has 2 amide bonds. The van der Waals surface area contributed by atoms with Crippen LogP contribution in [0.5, 0.6) is 5.88 Å². The Morgan fingerprint density at radius 1 is 1.07 bits per heavy atom. The van der Waals surface area contributed by atoms with Crippen LogP contribution in [0.25, 0.3) is 10.9 Å². The number of aromatic nitrogens is 1. The summed E-state index contributed by atoms with van der Waals surface area (Å²) in [5, 5.41) is 21.5. The van der Waals surface area contributed by atoms with Crippen LogP contribution in [0.2, 0.25) is 0 Å². The lowest BCUT2D eigenvalue weighted by Gasteiger charge is -2.08. The number of carbonyl (C=O) groups is 2. The van der Waals surface area contributed by atoms with Gasteiger partial charge in [-0.3, -0.25) is 9.59 Å². The van der Waals surface area contributed by atoms with Crippen molar-refractivity contribution in [2.45, 2.75) is 26.8 Å². The molecular weight excluding hydrogens is 368 g/mol. The van der Waals surface area contributed by atoms with Gasteiger partial charge in [0.2, 0.25) is 5.88 Å². The molecule has 0 spiro atoms. The number of aromatic hydroxyl groups is 1. The lowest BCUT2D eigenvalue weighted by Crippen LogP contribution is -2.28. The van der Waals surface area contributed by atoms with Crippen molar-refractivity contribution in [3.05, 3.63) is 60.2 Å². The number of hydrogen-bond donors (Lipinski definition) is 2. The second-order valence-corrected chi connectivity index (χ2v) is 7.17. The normalized spacial score (nSPS) is 11.4. The maximum atomic E-state index is 12.1. The van der Waals surface area contributed by atoms with Crippen LogP contribution in [0.4, 0.5) is 5.69 Å². The average Bonchev–Trinajstić information content (AvgIpc) is 3.00. The minimum absolute atomic E-state index is 0.0169. The van der Waals surface area contributed by atoms with E-state index in [1.807, 2.05) is 24.3 Å². The summed E-state index contributed by atoms with van der Waals surface area (Å²) in [7, 11) is 0. The third-order valence-electron chi connectivity index (χ3n) is 4.55. The number of nitrogens with one attached hydrogen (secondary N) is 1. The Hall–Kier alpha value is -3.48. The summed E-state index contributed by atoms with van der Waals surface area (Å²) in [6, 6.07) is 16.1. The van der Waals surface area contributed by atoms with E-state index in [-0.39, 0.29) is 24.0 Å². The third-order valence-corrected chi connectivity index (χ3v) is 4.55. The maximum absolute atomic E-state index is 12.1. The van der Waals surface area contributed by atoms with E-state index in [1.54, 1.807) is 34.9 Å². The molecule has 0 bridgehead atoms. The molecular formula is C22H24N4O3. The van der Waals surface area contributed by atoms with Gasteiger partial charge in [-0.15, -0.1) is 10.2 Å². The molecule has 0 aliphatic rings. The van der Waals surface area contributed by atoms with Crippen molar-refractivity contribution in [3.8, 4) is 5.88 Å². The SMILES string of the molecule is CC(C)CCn1c(O)c(N=NC(=O)CNC(=O)c2ccccc2)c2ccccc21. The molecule has 0 fully saturated rings. The summed E-state index contributed by atoms with van der Waals surface area (Å²) in [5.74, 6) is -0.498. The number of azo groups is 1. The zero-order chi connectivity index (χ0) is 20.8. The van der Waals surface area contributed by atoms with Gasteiger partial charge in [-0.25, -0.2) is 0 Å². The van der Waals surface area contributed by atoms with Crippen LogP contribution in [-0.4, -0.2) is 28.0 Å². The number of benzene rings is 2. The zero-order valence-corrected chi connectivity index (χ0v) is 16.5. The first kappa shape index (κ1) is 20.3. The summed E-state index contributed by atoms with van der Waals surface area (Å²) < 4.78 is 1.78. The number of aryl methyl sites for hydroxylation is 1. The van der Waals surface area contributed by atoms with Crippen LogP contribution in [0.15, 0.2) is 64.8 Å². The van der Waals surface area contributed by atoms with Gasteiger partial charge in [0.15, 0.2) is 5.69 Å². The smallest absolute Gasteiger partial charge is 0.283 e. The predicted molar refractivity (Wildman–Crippen MR) is 111 cm³/mol. The van der Waals surface area contributed by atoms with E-state index in [2.05, 4.69) is 29.4 Å². The largest absolute Gasteiger partial charge is 0.493 e. The predicted octanol–water partition coefficient (Wildman–Crippen LogP) is 4.43. The van der Waals surface area contributed by atoms with Crippen LogP contribution in [0.1, 0.15) is 30.6 Å². The molecule has 0 saturated carbocycles. The van der Waals surface area contributed by atoms with Gasteiger partial charge in [0.25, 0.3) is 11.8 Å². The molecule has 0 atom stereocenters. The topological polar surface area (TPSA) is 96.0 Å². The minimum Gasteiger partial charge on any atom is -0.493 e. The molecule has 0 unspecified atom stereocenters. The molecule has 0 aliphatic heterocycles. The van der Waals surface area contributed by atoms with Crippen molar-refractivity contribution in [2.75, 3.05) is 6.54 Å². The van der Waals surface area contributed by atoms with Crippen molar-refractivity contribution in [3.63, 3.8) is 0 Å². The Kier molecular flexibility index (Phi) is 6.39. The maximum Gasteiger partial charge on any atom is 0.283 e. The fourth-order valence-corrected chi connectivity index (χ4v) is 2.97. The van der Waals surface area contributed by atoms with E-state index in [0.717, 1.165) is 17.3 Å². The Morgan fingerprint density at radius 3 is 2.48 bits per heavy atom. The third kappa shape index (κ3) is 4.87. The Labute approximate surface area is 169 Å². The van der Waals surface area contributed by atoms with Crippen LogP contribution in [-0.2, 0) is 11.3 Å². The van der Waals surface area contributed by atoms with Gasteiger partial charge in [-0.1, -0.05) is 50.2 Å². The second kappa shape index (κ2) is 9.14. The molecule has 0 aliphatic carbocycles. The molecule has 1 aromatic heterocycles. The molecule has 0 radical (unpaired) electrons. The fourth-order valence-electron chi connectivity index (χ4n) is 2.97. The standard InChI is InChI=1S/C22H24N4O3/c1-15(2)12-13-26-18-11-7-6-10-17(18)20(22(26)29)25-24-19(27)14-23-21(28)16-8-4-3-5-9-16/h3-11,15,29H,12-14H2,1-2H3,(H,23,28). The van der Waals surface area contributed by atoms with E-state index >= 15 is 0 Å². The highest BCUT2D eigenvalue weighted by Crippen LogP contribution is 2.39. The van der Waals surface area contributed by atoms with E-state index in [1.165, 1.54) is 0 Å². The zero-order valence-electron chi connectivity index (χ0n) is 16.5. The van der Waals surface area contributed by atoms with Crippen LogP contribution >= 0.6 is 0 Å². The summed E-state index contributed by atoms with van der Waals surface area (Å²) in [6.07, 6.45) is 0.896. The molecule has 7 nitrogen and oxygen atoms in total. The lowest BCUT2D eigenvalue weighted by atomic mass is 10.1. The number of carbonyl (C=O) groups excluding carboxylic acids is 2. The number of fused-ring (bicyclic) bond motifs is 1. The van der Waals surface area contributed by atoms with Crippen LogP contribution in [0, 0.1) is 5.92 Å². The van der Waals surface area contributed by atoms with Gasteiger partial charge < -0.3 is 15.0 Å². The molecule has 150 valence electrons. The first-order valence-electron chi connectivity index (χ1n) is 9.55. The van der Waals surface area contributed by atoms with Gasteiger partial charge in [0.1, 0.15) is 6.54 Å². The van der Waals surface area contributed by atoms with Gasteiger partial charge in [-0.05, 0) is 30.5 Å². The van der Waals surface area contributed by atoms with Crippen molar-refractivity contribution < 1.29 is 14.7 Å². The van der Waals surface area contributed by atoms with E-state index < -0.39 is 5.91 Å². The molecule has 2 N–H and O–H groups in total. The number of nitrogens with zero attached hydrogens (tertiary/aromatic N) is 3. The monoisotopic (exact) mass is 392 g/mol. The highest BCUT2D eigenvalue weighted by molar-refractivity contribution is 5.97. The van der Waals surface area contributed by atoms with Gasteiger partial charge in [0.05, 0.1) is 5.52 Å². The number of para-hydroxylation sites is 1. The Balaban J connectivity index is 1.73. The lowest BCUT2D eigenvalue weighted by molar-refractivity contribution is -0.117. The van der Waals surface area contributed by atoms with Crippen molar-refractivity contribution in [1.82, 2.24) is 9.88 Å². The highest BCUT2D eigenvalue weighted by Gasteiger charge is 2.17. The van der Waals surface area contributed by atoms with E-state index in [9.17, 15) is 14.7 Å².